The first kappa shape index (κ1) is 16.0. The van der Waals surface area contributed by atoms with Crippen LogP contribution in [0.5, 0.6) is 5.75 Å². The second-order valence-electron chi connectivity index (χ2n) is 5.20. The van der Waals surface area contributed by atoms with Crippen LogP contribution in [0.3, 0.4) is 0 Å². The number of hydrogen-bond donors (Lipinski definition) is 1. The fourth-order valence-corrected chi connectivity index (χ4v) is 2.11. The third-order valence-electron chi connectivity index (χ3n) is 3.31. The summed E-state index contributed by atoms with van der Waals surface area (Å²) in [7, 11) is 3.33. The first-order chi connectivity index (χ1) is 10.5. The number of rotatable bonds is 5. The molecule has 116 valence electrons. The summed E-state index contributed by atoms with van der Waals surface area (Å²) in [5, 5.41) is 9.48. The summed E-state index contributed by atoms with van der Waals surface area (Å²) in [6.45, 7) is 1.86. The molecular weight excluding hydrogens is 280 g/mol. The van der Waals surface area contributed by atoms with E-state index in [-0.39, 0.29) is 12.5 Å². The van der Waals surface area contributed by atoms with Crippen molar-refractivity contribution in [3.8, 4) is 5.75 Å². The van der Waals surface area contributed by atoms with Crippen molar-refractivity contribution in [3.05, 3.63) is 58.9 Å². The minimum Gasteiger partial charge on any atom is -0.486 e. The van der Waals surface area contributed by atoms with E-state index in [1.807, 2.05) is 30.3 Å². The van der Waals surface area contributed by atoms with Crippen LogP contribution in [0.25, 0.3) is 0 Å². The van der Waals surface area contributed by atoms with Crippen molar-refractivity contribution >= 4 is 5.91 Å². The Morgan fingerprint density at radius 1 is 1.27 bits per heavy atom. The summed E-state index contributed by atoms with van der Waals surface area (Å²) in [5.74, 6) is 0.215. The van der Waals surface area contributed by atoms with Crippen molar-refractivity contribution in [1.82, 2.24) is 9.88 Å². The van der Waals surface area contributed by atoms with Gasteiger partial charge in [0.25, 0.3) is 5.91 Å². The Bertz CT molecular complexity index is 654. The lowest BCUT2D eigenvalue weighted by molar-refractivity contribution is 0.0818. The van der Waals surface area contributed by atoms with E-state index in [9.17, 15) is 9.90 Å². The molecule has 0 unspecified atom stereocenters. The topological polar surface area (TPSA) is 62.7 Å². The molecule has 0 aliphatic rings. The lowest BCUT2D eigenvalue weighted by atomic mass is 10.1. The molecule has 0 radical (unpaired) electrons. The van der Waals surface area contributed by atoms with Crippen LogP contribution in [0.4, 0.5) is 0 Å². The summed E-state index contributed by atoms with van der Waals surface area (Å²) >= 11 is 0. The molecule has 0 saturated heterocycles. The number of aliphatic hydroxyl groups is 1. The number of pyridine rings is 1. The maximum atomic E-state index is 12.4. The second kappa shape index (κ2) is 7.04. The van der Waals surface area contributed by atoms with Crippen LogP contribution in [0, 0.1) is 6.92 Å². The molecule has 1 amide bonds. The van der Waals surface area contributed by atoms with Crippen molar-refractivity contribution in [3.63, 3.8) is 0 Å². The third-order valence-corrected chi connectivity index (χ3v) is 3.31. The number of benzene rings is 1. The molecule has 0 aliphatic heterocycles. The molecule has 1 aromatic carbocycles. The maximum Gasteiger partial charge on any atom is 0.257 e. The van der Waals surface area contributed by atoms with Crippen LogP contribution in [-0.2, 0) is 13.2 Å². The fourth-order valence-electron chi connectivity index (χ4n) is 2.11. The van der Waals surface area contributed by atoms with Crippen LogP contribution >= 0.6 is 0 Å². The monoisotopic (exact) mass is 300 g/mol. The maximum absolute atomic E-state index is 12.4. The smallest absolute Gasteiger partial charge is 0.257 e. The molecule has 5 heteroatoms. The van der Waals surface area contributed by atoms with E-state index >= 15 is 0 Å². The number of aryl methyl sites for hydroxylation is 1. The molecule has 22 heavy (non-hydrogen) atoms. The van der Waals surface area contributed by atoms with Gasteiger partial charge in [-0.05, 0) is 12.5 Å². The van der Waals surface area contributed by atoms with Gasteiger partial charge in [-0.25, -0.2) is 0 Å². The summed E-state index contributed by atoms with van der Waals surface area (Å²) in [4.78, 5) is 18.1. The molecular formula is C17H20N2O3. The third kappa shape index (κ3) is 3.43. The van der Waals surface area contributed by atoms with E-state index in [2.05, 4.69) is 4.98 Å². The molecule has 2 rings (SSSR count). The highest BCUT2D eigenvalue weighted by atomic mass is 16.5. The molecule has 0 atom stereocenters. The van der Waals surface area contributed by atoms with E-state index in [1.165, 1.54) is 11.1 Å². The normalized spacial score (nSPS) is 10.4. The molecule has 0 saturated carbocycles. The summed E-state index contributed by atoms with van der Waals surface area (Å²) in [6, 6.07) is 9.70. The Morgan fingerprint density at radius 3 is 2.55 bits per heavy atom. The van der Waals surface area contributed by atoms with Crippen molar-refractivity contribution < 1.29 is 14.6 Å². The molecule has 0 bridgehead atoms. The average molecular weight is 300 g/mol. The van der Waals surface area contributed by atoms with Crippen LogP contribution in [-0.4, -0.2) is 35.0 Å². The van der Waals surface area contributed by atoms with Crippen LogP contribution in [0.1, 0.15) is 27.2 Å². The van der Waals surface area contributed by atoms with Crippen molar-refractivity contribution in [2.45, 2.75) is 20.1 Å². The Labute approximate surface area is 130 Å². The van der Waals surface area contributed by atoms with Gasteiger partial charge >= 0.3 is 0 Å². The zero-order valence-electron chi connectivity index (χ0n) is 13.0. The number of nitrogens with zero attached hydrogens (tertiary/aromatic N) is 2. The van der Waals surface area contributed by atoms with Crippen LogP contribution in [0.2, 0.25) is 0 Å². The lowest BCUT2D eigenvalue weighted by Gasteiger charge is -2.18. The highest BCUT2D eigenvalue weighted by Gasteiger charge is 2.22. The first-order valence-corrected chi connectivity index (χ1v) is 7.02. The lowest BCUT2D eigenvalue weighted by Crippen LogP contribution is -2.24. The van der Waals surface area contributed by atoms with Crippen molar-refractivity contribution in [2.75, 3.05) is 14.1 Å². The van der Waals surface area contributed by atoms with Gasteiger partial charge in [0, 0.05) is 25.9 Å². The van der Waals surface area contributed by atoms with Gasteiger partial charge in [-0.15, -0.1) is 0 Å². The molecule has 1 heterocycles. The number of amides is 1. The van der Waals surface area contributed by atoms with Gasteiger partial charge in [-0.3, -0.25) is 9.78 Å². The Balaban J connectivity index is 2.38. The van der Waals surface area contributed by atoms with Gasteiger partial charge in [0.1, 0.15) is 6.61 Å². The van der Waals surface area contributed by atoms with Gasteiger partial charge in [-0.2, -0.15) is 0 Å². The molecule has 0 fully saturated rings. The van der Waals surface area contributed by atoms with Gasteiger partial charge in [-0.1, -0.05) is 30.3 Å². The van der Waals surface area contributed by atoms with Crippen LogP contribution in [0.15, 0.2) is 36.5 Å². The largest absolute Gasteiger partial charge is 0.486 e. The fraction of sp³-hybridized carbons (Fsp3) is 0.294. The standard InChI is InChI=1S/C17H20N2O3/c1-12-16(22-11-13-7-5-4-6-8-13)15(17(21)19(2)3)14(10-20)9-18-12/h4-9,20H,10-11H2,1-3H3. The molecule has 0 spiro atoms. The Kier molecular flexibility index (Phi) is 5.12. The average Bonchev–Trinajstić information content (AvgIpc) is 2.53. The highest BCUT2D eigenvalue weighted by Crippen LogP contribution is 2.27. The van der Waals surface area contributed by atoms with Crippen LogP contribution < -0.4 is 4.74 Å². The predicted octanol–water partition coefficient (Wildman–Crippen LogP) is 2.16. The zero-order chi connectivity index (χ0) is 16.1. The summed E-state index contributed by atoms with van der Waals surface area (Å²) in [6.07, 6.45) is 1.52. The minimum absolute atomic E-state index is 0.211. The van der Waals surface area contributed by atoms with E-state index in [0.717, 1.165) is 5.56 Å². The zero-order valence-corrected chi connectivity index (χ0v) is 13.0. The number of ether oxygens (including phenoxy) is 1. The van der Waals surface area contributed by atoms with Gasteiger partial charge in [0.15, 0.2) is 5.75 Å². The molecule has 1 N–H and O–H groups in total. The Hall–Kier alpha value is -2.40. The van der Waals surface area contributed by atoms with Gasteiger partial charge < -0.3 is 14.7 Å². The minimum atomic E-state index is -0.260. The molecule has 1 aromatic heterocycles. The van der Waals surface area contributed by atoms with Crippen molar-refractivity contribution in [1.29, 1.82) is 0 Å². The quantitative estimate of drug-likeness (QED) is 0.919. The highest BCUT2D eigenvalue weighted by molar-refractivity contribution is 5.98. The first-order valence-electron chi connectivity index (χ1n) is 7.02. The number of hydrogen-bond acceptors (Lipinski definition) is 4. The van der Waals surface area contributed by atoms with Gasteiger partial charge in [0.2, 0.25) is 0 Å². The van der Waals surface area contributed by atoms with E-state index in [4.69, 9.17) is 4.74 Å². The molecule has 0 aliphatic carbocycles. The second-order valence-corrected chi connectivity index (χ2v) is 5.20. The summed E-state index contributed by atoms with van der Waals surface area (Å²) < 4.78 is 5.85. The number of carbonyl (C=O) groups is 1. The SMILES string of the molecule is Cc1ncc(CO)c(C(=O)N(C)C)c1OCc1ccccc1. The van der Waals surface area contributed by atoms with E-state index < -0.39 is 0 Å². The summed E-state index contributed by atoms with van der Waals surface area (Å²) in [5.41, 5.74) is 2.46. The van der Waals surface area contributed by atoms with E-state index in [0.29, 0.717) is 29.2 Å². The van der Waals surface area contributed by atoms with Crippen molar-refractivity contribution in [2.24, 2.45) is 0 Å². The Morgan fingerprint density at radius 2 is 1.95 bits per heavy atom. The molecule has 2 aromatic rings. The van der Waals surface area contributed by atoms with Gasteiger partial charge in [0.05, 0.1) is 17.9 Å². The predicted molar refractivity (Wildman–Crippen MR) is 83.7 cm³/mol. The van der Waals surface area contributed by atoms with E-state index in [1.54, 1.807) is 21.0 Å². The number of aromatic nitrogens is 1. The number of aliphatic hydroxyl groups excluding tert-OH is 1. The molecule has 5 nitrogen and oxygen atoms in total. The number of carbonyl (C=O) groups excluding carboxylic acids is 1.